The predicted octanol–water partition coefficient (Wildman–Crippen LogP) is 4.28. The van der Waals surface area contributed by atoms with Crippen LogP contribution >= 0.6 is 11.6 Å². The number of alkyl halides is 1. The molecule has 1 aliphatic heterocycles. The Morgan fingerprint density at radius 3 is 2.67 bits per heavy atom. The van der Waals surface area contributed by atoms with Gasteiger partial charge in [0.2, 0.25) is 0 Å². The van der Waals surface area contributed by atoms with Crippen molar-refractivity contribution >= 4 is 29.1 Å². The fourth-order valence-electron chi connectivity index (χ4n) is 4.72. The summed E-state index contributed by atoms with van der Waals surface area (Å²) in [5.74, 6) is -0.259. The van der Waals surface area contributed by atoms with Crippen LogP contribution in [0, 0.1) is 17.2 Å². The summed E-state index contributed by atoms with van der Waals surface area (Å²) in [6.45, 7) is 3.76. The fourth-order valence-corrected chi connectivity index (χ4v) is 4.84. The third-order valence-electron chi connectivity index (χ3n) is 6.97. The molecule has 0 spiro atoms. The standard InChI is InChI=1S/C25H34ClFN4O2/c1-15(21-13-25(2,27)24(33)31-21)4-5-16-8-11-19(20(12-16)29-3)22(28)23(32)30-14-17-6-9-18(26)10-7-17/h6-7,9-10,15-16,21,28-29H,4-5,8,11-14H2,1-3H3,(H,30,32)(H,31,33). The molecule has 180 valence electrons. The van der Waals surface area contributed by atoms with Crippen molar-refractivity contribution in [1.82, 2.24) is 16.0 Å². The Labute approximate surface area is 200 Å². The number of benzene rings is 1. The van der Waals surface area contributed by atoms with Crippen molar-refractivity contribution in [3.63, 3.8) is 0 Å². The molecule has 8 heteroatoms. The highest BCUT2D eigenvalue weighted by atomic mass is 35.5. The van der Waals surface area contributed by atoms with Crippen LogP contribution in [0.4, 0.5) is 4.39 Å². The minimum atomic E-state index is -1.77. The Morgan fingerprint density at radius 2 is 2.06 bits per heavy atom. The molecule has 1 fully saturated rings. The van der Waals surface area contributed by atoms with E-state index >= 15 is 0 Å². The maximum Gasteiger partial charge on any atom is 0.269 e. The Balaban J connectivity index is 1.51. The number of halogens is 2. The minimum absolute atomic E-state index is 0.0102. The Kier molecular flexibility index (Phi) is 8.16. The monoisotopic (exact) mass is 476 g/mol. The minimum Gasteiger partial charge on any atom is -0.391 e. The van der Waals surface area contributed by atoms with Gasteiger partial charge in [0.25, 0.3) is 11.8 Å². The zero-order valence-electron chi connectivity index (χ0n) is 19.6. The van der Waals surface area contributed by atoms with Crippen LogP contribution in [0.5, 0.6) is 0 Å². The van der Waals surface area contributed by atoms with Gasteiger partial charge in [0, 0.05) is 42.3 Å². The van der Waals surface area contributed by atoms with Crippen LogP contribution in [0.3, 0.4) is 0 Å². The molecular formula is C25H34ClFN4O2. The lowest BCUT2D eigenvalue weighted by Gasteiger charge is -2.29. The first kappa shape index (κ1) is 25.2. The molecule has 1 saturated heterocycles. The molecule has 0 bridgehead atoms. The van der Waals surface area contributed by atoms with Crippen molar-refractivity contribution in [3.8, 4) is 0 Å². The van der Waals surface area contributed by atoms with E-state index in [1.807, 2.05) is 19.2 Å². The van der Waals surface area contributed by atoms with Crippen LogP contribution < -0.4 is 16.0 Å². The quantitative estimate of drug-likeness (QED) is 0.400. The maximum absolute atomic E-state index is 14.2. The van der Waals surface area contributed by atoms with E-state index in [-0.39, 0.29) is 30.0 Å². The van der Waals surface area contributed by atoms with Gasteiger partial charge in [-0.1, -0.05) is 30.7 Å². The molecule has 33 heavy (non-hydrogen) atoms. The number of carbonyl (C=O) groups excluding carboxylic acids is 2. The van der Waals surface area contributed by atoms with E-state index in [4.69, 9.17) is 17.0 Å². The molecule has 4 atom stereocenters. The molecule has 6 nitrogen and oxygen atoms in total. The van der Waals surface area contributed by atoms with Gasteiger partial charge in [-0.05, 0) is 68.6 Å². The van der Waals surface area contributed by atoms with Gasteiger partial charge in [-0.25, -0.2) is 4.39 Å². The SMILES string of the molecule is CNC1=C(C(=N)C(=O)NCc2ccc(Cl)cc2)CCC(CCC(C)C2CC(C)(F)C(=O)N2)C1. The first-order chi connectivity index (χ1) is 15.6. The van der Waals surface area contributed by atoms with Gasteiger partial charge < -0.3 is 16.0 Å². The summed E-state index contributed by atoms with van der Waals surface area (Å²) >= 11 is 5.89. The van der Waals surface area contributed by atoms with Gasteiger partial charge in [0.05, 0.1) is 0 Å². The molecule has 1 aromatic carbocycles. The first-order valence-electron chi connectivity index (χ1n) is 11.6. The second-order valence-electron chi connectivity index (χ2n) is 9.54. The molecule has 2 amide bonds. The van der Waals surface area contributed by atoms with Crippen LogP contribution in [-0.2, 0) is 16.1 Å². The van der Waals surface area contributed by atoms with E-state index in [1.165, 1.54) is 6.92 Å². The summed E-state index contributed by atoms with van der Waals surface area (Å²) < 4.78 is 14.2. The topological polar surface area (TPSA) is 94.1 Å². The average molecular weight is 477 g/mol. The fraction of sp³-hybridized carbons (Fsp3) is 0.560. The number of hydrogen-bond donors (Lipinski definition) is 4. The van der Waals surface area contributed by atoms with Gasteiger partial charge in [0.1, 0.15) is 5.71 Å². The Morgan fingerprint density at radius 1 is 1.36 bits per heavy atom. The summed E-state index contributed by atoms with van der Waals surface area (Å²) in [4.78, 5) is 24.3. The van der Waals surface area contributed by atoms with Crippen molar-refractivity contribution < 1.29 is 14.0 Å². The van der Waals surface area contributed by atoms with Crippen LogP contribution in [0.1, 0.15) is 57.9 Å². The van der Waals surface area contributed by atoms with Gasteiger partial charge >= 0.3 is 0 Å². The van der Waals surface area contributed by atoms with Crippen molar-refractivity contribution in [2.45, 2.75) is 70.6 Å². The number of allylic oxidation sites excluding steroid dienone is 1. The maximum atomic E-state index is 14.2. The Bertz CT molecular complexity index is 929. The lowest BCUT2D eigenvalue weighted by molar-refractivity contribution is -0.128. The second-order valence-corrected chi connectivity index (χ2v) is 9.97. The molecule has 1 aromatic rings. The number of rotatable bonds is 9. The van der Waals surface area contributed by atoms with Crippen molar-refractivity contribution in [2.75, 3.05) is 7.05 Å². The average Bonchev–Trinajstić information content (AvgIpc) is 3.08. The second kappa shape index (κ2) is 10.7. The lowest BCUT2D eigenvalue weighted by atomic mass is 9.80. The van der Waals surface area contributed by atoms with Gasteiger partial charge in [0.15, 0.2) is 5.67 Å². The number of hydrogen-bond acceptors (Lipinski definition) is 4. The molecule has 0 aromatic heterocycles. The predicted molar refractivity (Wildman–Crippen MR) is 129 cm³/mol. The van der Waals surface area contributed by atoms with E-state index in [0.717, 1.165) is 42.5 Å². The van der Waals surface area contributed by atoms with E-state index in [9.17, 15) is 14.0 Å². The molecule has 0 saturated carbocycles. The summed E-state index contributed by atoms with van der Waals surface area (Å²) in [5.41, 5.74) is 0.876. The smallest absolute Gasteiger partial charge is 0.269 e. The Hall–Kier alpha value is -2.41. The van der Waals surface area contributed by atoms with E-state index < -0.39 is 11.6 Å². The van der Waals surface area contributed by atoms with Crippen molar-refractivity contribution in [2.24, 2.45) is 11.8 Å². The molecule has 1 heterocycles. The summed E-state index contributed by atoms with van der Waals surface area (Å²) in [6.07, 6.45) is 4.44. The van der Waals surface area contributed by atoms with Crippen molar-refractivity contribution in [3.05, 3.63) is 46.1 Å². The highest BCUT2D eigenvalue weighted by molar-refractivity contribution is 6.44. The normalized spacial score (nSPS) is 26.0. The van der Waals surface area contributed by atoms with Crippen LogP contribution in [0.15, 0.2) is 35.5 Å². The van der Waals surface area contributed by atoms with Crippen LogP contribution in [0.25, 0.3) is 0 Å². The summed E-state index contributed by atoms with van der Waals surface area (Å²) in [6, 6.07) is 7.12. The molecule has 1 aliphatic carbocycles. The molecular weight excluding hydrogens is 443 g/mol. The van der Waals surface area contributed by atoms with E-state index in [1.54, 1.807) is 12.1 Å². The van der Waals surface area contributed by atoms with Gasteiger partial charge in [-0.3, -0.25) is 15.0 Å². The third kappa shape index (κ3) is 6.34. The number of amides is 2. The van der Waals surface area contributed by atoms with Gasteiger partial charge in [-0.15, -0.1) is 0 Å². The molecule has 2 aliphatic rings. The number of nitrogens with one attached hydrogen (secondary N) is 4. The number of carbonyl (C=O) groups is 2. The lowest BCUT2D eigenvalue weighted by Crippen LogP contribution is -2.34. The van der Waals surface area contributed by atoms with E-state index in [2.05, 4.69) is 22.9 Å². The highest BCUT2D eigenvalue weighted by Gasteiger charge is 2.44. The largest absolute Gasteiger partial charge is 0.391 e. The molecule has 4 unspecified atom stereocenters. The molecule has 0 radical (unpaired) electrons. The zero-order valence-corrected chi connectivity index (χ0v) is 20.3. The van der Waals surface area contributed by atoms with Crippen LogP contribution in [-0.4, -0.2) is 36.3 Å². The highest BCUT2D eigenvalue weighted by Crippen LogP contribution is 2.35. The zero-order chi connectivity index (χ0) is 24.2. The van der Waals surface area contributed by atoms with Gasteiger partial charge in [-0.2, -0.15) is 0 Å². The van der Waals surface area contributed by atoms with E-state index in [0.29, 0.717) is 23.9 Å². The molecule has 4 N–H and O–H groups in total. The summed E-state index contributed by atoms with van der Waals surface area (Å²) in [7, 11) is 1.83. The third-order valence-corrected chi connectivity index (χ3v) is 7.22. The summed E-state index contributed by atoms with van der Waals surface area (Å²) in [5, 5.41) is 17.9. The van der Waals surface area contributed by atoms with Crippen LogP contribution in [0.2, 0.25) is 5.02 Å². The molecule has 3 rings (SSSR count). The van der Waals surface area contributed by atoms with Crippen molar-refractivity contribution in [1.29, 1.82) is 5.41 Å². The first-order valence-corrected chi connectivity index (χ1v) is 12.0.